The van der Waals surface area contributed by atoms with Gasteiger partial charge in [-0.05, 0) is 36.8 Å². The van der Waals surface area contributed by atoms with E-state index in [-0.39, 0.29) is 5.69 Å². The van der Waals surface area contributed by atoms with E-state index < -0.39 is 0 Å². The molecule has 0 aliphatic heterocycles. The molecule has 0 amide bonds. The smallest absolute Gasteiger partial charge is 0.350 e. The number of thiophene rings is 1. The molecule has 1 aliphatic rings. The molecule has 4 rings (SSSR count). The Labute approximate surface area is 132 Å². The van der Waals surface area contributed by atoms with Crippen LogP contribution in [0.2, 0.25) is 0 Å². The lowest BCUT2D eigenvalue weighted by Crippen LogP contribution is -2.24. The summed E-state index contributed by atoms with van der Waals surface area (Å²) in [5.74, 6) is 0.392. The second-order valence-electron chi connectivity index (χ2n) is 5.74. The van der Waals surface area contributed by atoms with E-state index in [0.29, 0.717) is 12.4 Å². The maximum atomic E-state index is 12.3. The average molecular weight is 311 g/mol. The summed E-state index contributed by atoms with van der Waals surface area (Å²) >= 11 is 1.72. The highest BCUT2D eigenvalue weighted by Gasteiger charge is 2.21. The predicted molar refractivity (Wildman–Crippen MR) is 90.5 cm³/mol. The van der Waals surface area contributed by atoms with E-state index in [4.69, 9.17) is 5.73 Å². The third-order valence-electron chi connectivity index (χ3n) is 4.28. The van der Waals surface area contributed by atoms with Crippen molar-refractivity contribution < 1.29 is 0 Å². The quantitative estimate of drug-likeness (QED) is 0.791. The molecule has 0 saturated heterocycles. The summed E-state index contributed by atoms with van der Waals surface area (Å²) in [6.45, 7) is 0.544. The summed E-state index contributed by atoms with van der Waals surface area (Å²) in [5, 5.41) is 1.01. The maximum absolute atomic E-state index is 12.3. The summed E-state index contributed by atoms with van der Waals surface area (Å²) in [5.41, 5.74) is 8.23. The number of aryl methyl sites for hydroxylation is 2. The minimum Gasteiger partial charge on any atom is -0.383 e. The third-order valence-corrected chi connectivity index (χ3v) is 5.60. The molecule has 0 atom stereocenters. The van der Waals surface area contributed by atoms with Gasteiger partial charge in [-0.15, -0.1) is 11.3 Å². The van der Waals surface area contributed by atoms with Gasteiger partial charge < -0.3 is 5.73 Å². The molecular weight excluding hydrogens is 294 g/mol. The standard InChI is InChI=1S/C17H17N3OS/c18-15-14-12-8-4-5-9-13(12)22-16(14)20(17(21)19-15)10-11-6-2-1-3-7-11/h1-3,6-7H,4-5,8-10H2,(H2,18,19,21). The first-order chi connectivity index (χ1) is 10.7. The van der Waals surface area contributed by atoms with Crippen LogP contribution in [0.5, 0.6) is 0 Å². The van der Waals surface area contributed by atoms with Gasteiger partial charge >= 0.3 is 5.69 Å². The highest BCUT2D eigenvalue weighted by Crippen LogP contribution is 2.37. The van der Waals surface area contributed by atoms with Crippen LogP contribution in [-0.4, -0.2) is 9.55 Å². The number of rotatable bonds is 2. The first-order valence-electron chi connectivity index (χ1n) is 7.58. The Balaban J connectivity index is 1.94. The number of fused-ring (bicyclic) bond motifs is 3. The number of anilines is 1. The second kappa shape index (κ2) is 5.25. The van der Waals surface area contributed by atoms with Gasteiger partial charge in [-0.25, -0.2) is 4.79 Å². The van der Waals surface area contributed by atoms with Crippen molar-refractivity contribution >= 4 is 27.4 Å². The van der Waals surface area contributed by atoms with Crippen molar-refractivity contribution in [3.63, 3.8) is 0 Å². The van der Waals surface area contributed by atoms with E-state index in [1.165, 1.54) is 23.3 Å². The number of hydrogen-bond acceptors (Lipinski definition) is 4. The molecule has 2 heterocycles. The van der Waals surface area contributed by atoms with E-state index >= 15 is 0 Å². The summed E-state index contributed by atoms with van der Waals surface area (Å²) < 4.78 is 1.77. The molecule has 0 unspecified atom stereocenters. The van der Waals surface area contributed by atoms with Gasteiger partial charge in [0.15, 0.2) is 0 Å². The molecule has 3 aromatic rings. The van der Waals surface area contributed by atoms with Crippen LogP contribution in [0.1, 0.15) is 28.8 Å². The highest BCUT2D eigenvalue weighted by atomic mass is 32.1. The van der Waals surface area contributed by atoms with Crippen LogP contribution < -0.4 is 11.4 Å². The molecule has 2 N–H and O–H groups in total. The zero-order chi connectivity index (χ0) is 15.1. The molecule has 0 fully saturated rings. The monoisotopic (exact) mass is 311 g/mol. The molecule has 22 heavy (non-hydrogen) atoms. The van der Waals surface area contributed by atoms with Gasteiger partial charge in [-0.2, -0.15) is 4.98 Å². The van der Waals surface area contributed by atoms with Crippen LogP contribution in [0.25, 0.3) is 10.2 Å². The highest BCUT2D eigenvalue weighted by molar-refractivity contribution is 7.19. The van der Waals surface area contributed by atoms with Gasteiger partial charge in [-0.3, -0.25) is 4.57 Å². The second-order valence-corrected chi connectivity index (χ2v) is 6.83. The fraction of sp³-hybridized carbons (Fsp3) is 0.294. The number of aromatic nitrogens is 2. The lowest BCUT2D eigenvalue weighted by Gasteiger charge is -2.11. The molecule has 0 bridgehead atoms. The molecule has 0 spiro atoms. The largest absolute Gasteiger partial charge is 0.383 e. The molecule has 0 saturated carbocycles. The van der Waals surface area contributed by atoms with Crippen LogP contribution in [0.4, 0.5) is 5.82 Å². The number of nitrogen functional groups attached to an aromatic ring is 1. The van der Waals surface area contributed by atoms with Crippen molar-refractivity contribution in [3.8, 4) is 0 Å². The van der Waals surface area contributed by atoms with Crippen molar-refractivity contribution in [1.29, 1.82) is 0 Å². The summed E-state index contributed by atoms with van der Waals surface area (Å²) in [6, 6.07) is 10.0. The lowest BCUT2D eigenvalue weighted by molar-refractivity contribution is 0.700. The van der Waals surface area contributed by atoms with Gasteiger partial charge in [0.1, 0.15) is 10.6 Å². The van der Waals surface area contributed by atoms with Crippen molar-refractivity contribution in [2.45, 2.75) is 32.2 Å². The third kappa shape index (κ3) is 2.13. The Kier molecular flexibility index (Phi) is 3.22. The first-order valence-corrected chi connectivity index (χ1v) is 8.40. The summed E-state index contributed by atoms with van der Waals surface area (Å²) in [4.78, 5) is 18.8. The molecule has 1 aliphatic carbocycles. The zero-order valence-corrected chi connectivity index (χ0v) is 13.0. The number of nitrogens with two attached hydrogens (primary N) is 1. The zero-order valence-electron chi connectivity index (χ0n) is 12.2. The molecule has 112 valence electrons. The Morgan fingerprint density at radius 2 is 1.95 bits per heavy atom. The van der Waals surface area contributed by atoms with Gasteiger partial charge in [0.05, 0.1) is 11.9 Å². The number of hydrogen-bond donors (Lipinski definition) is 1. The lowest BCUT2D eigenvalue weighted by atomic mass is 9.97. The Morgan fingerprint density at radius 3 is 2.77 bits per heavy atom. The van der Waals surface area contributed by atoms with Crippen LogP contribution in [0, 0.1) is 0 Å². The Morgan fingerprint density at radius 1 is 1.18 bits per heavy atom. The fourth-order valence-electron chi connectivity index (χ4n) is 3.22. The van der Waals surface area contributed by atoms with E-state index in [0.717, 1.165) is 28.6 Å². The summed E-state index contributed by atoms with van der Waals surface area (Å²) in [7, 11) is 0. The molecule has 4 nitrogen and oxygen atoms in total. The Hall–Kier alpha value is -2.14. The molecule has 1 aromatic carbocycles. The van der Waals surface area contributed by atoms with Crippen LogP contribution >= 0.6 is 11.3 Å². The van der Waals surface area contributed by atoms with E-state index in [1.807, 2.05) is 30.3 Å². The van der Waals surface area contributed by atoms with E-state index in [1.54, 1.807) is 15.9 Å². The molecule has 2 aromatic heterocycles. The van der Waals surface area contributed by atoms with Gasteiger partial charge in [0.2, 0.25) is 0 Å². The number of benzene rings is 1. The van der Waals surface area contributed by atoms with Crippen molar-refractivity contribution in [3.05, 3.63) is 56.8 Å². The average Bonchev–Trinajstić information content (AvgIpc) is 2.92. The van der Waals surface area contributed by atoms with Crippen LogP contribution in [0.3, 0.4) is 0 Å². The topological polar surface area (TPSA) is 60.9 Å². The summed E-state index contributed by atoms with van der Waals surface area (Å²) in [6.07, 6.45) is 4.55. The van der Waals surface area contributed by atoms with Crippen molar-refractivity contribution in [2.24, 2.45) is 0 Å². The van der Waals surface area contributed by atoms with Crippen molar-refractivity contribution in [2.75, 3.05) is 5.73 Å². The minimum absolute atomic E-state index is 0.257. The van der Waals surface area contributed by atoms with E-state index in [9.17, 15) is 4.79 Å². The SMILES string of the molecule is Nc1nc(=O)n(Cc2ccccc2)c2sc3c(c12)CCCC3. The molecular formula is C17H17N3OS. The molecule has 5 heteroatoms. The van der Waals surface area contributed by atoms with Gasteiger partial charge in [-0.1, -0.05) is 30.3 Å². The molecule has 0 radical (unpaired) electrons. The van der Waals surface area contributed by atoms with E-state index in [2.05, 4.69) is 4.98 Å². The van der Waals surface area contributed by atoms with Crippen LogP contribution in [0.15, 0.2) is 35.1 Å². The van der Waals surface area contributed by atoms with Gasteiger partial charge in [0, 0.05) is 4.88 Å². The van der Waals surface area contributed by atoms with Crippen molar-refractivity contribution in [1.82, 2.24) is 9.55 Å². The van der Waals surface area contributed by atoms with Gasteiger partial charge in [0.25, 0.3) is 0 Å². The Bertz CT molecular complexity index is 896. The normalized spacial score (nSPS) is 14.2. The predicted octanol–water partition coefficient (Wildman–Crippen LogP) is 2.97. The minimum atomic E-state index is -0.257. The maximum Gasteiger partial charge on any atom is 0.350 e. The first kappa shape index (κ1) is 13.5. The fourth-order valence-corrected chi connectivity index (χ4v) is 4.61. The number of nitrogens with zero attached hydrogens (tertiary/aromatic N) is 2. The van der Waals surface area contributed by atoms with Crippen LogP contribution in [-0.2, 0) is 19.4 Å².